The Labute approximate surface area is 303 Å². The number of nitrogens with zero attached hydrogens (tertiary/aromatic N) is 1. The molecule has 1 atom stereocenters. The summed E-state index contributed by atoms with van der Waals surface area (Å²) in [6.07, 6.45) is 1.54. The van der Waals surface area contributed by atoms with E-state index in [9.17, 15) is 14.4 Å². The molecule has 6 aromatic rings. The number of thioether (sulfide) groups is 1. The number of rotatable bonds is 12. The molecular formula is C40H34N4O5S2. The second kappa shape index (κ2) is 16.2. The standard InChI is InChI=1S/C40H34N4O5S2/c1-25(37(45)44-40-43-35(24-50-40)29-14-13-26-9-7-8-12-28(26)21-29)51-33-18-15-31(16-19-33)41-39(47)34(42-38(46)27-10-5-4-6-11-27)23-30-22-32(48-2)17-20-36(30)49-3/h4-25H,1-3H3,(H,41,47)(H,42,46)(H,43,44,45)/b34-23-. The second-order valence-electron chi connectivity index (χ2n) is 11.3. The van der Waals surface area contributed by atoms with Crippen LogP contribution in [0.2, 0.25) is 0 Å². The summed E-state index contributed by atoms with van der Waals surface area (Å²) in [5.74, 6) is -0.0996. The Bertz CT molecular complexity index is 2220. The molecule has 0 aliphatic heterocycles. The third-order valence-corrected chi connectivity index (χ3v) is 9.71. The van der Waals surface area contributed by atoms with Crippen molar-refractivity contribution in [2.24, 2.45) is 0 Å². The molecule has 6 rings (SSSR count). The summed E-state index contributed by atoms with van der Waals surface area (Å²) in [6, 6.07) is 35.3. The third-order valence-electron chi connectivity index (χ3n) is 7.84. The highest BCUT2D eigenvalue weighted by Crippen LogP contribution is 2.30. The fourth-order valence-electron chi connectivity index (χ4n) is 5.14. The van der Waals surface area contributed by atoms with Gasteiger partial charge < -0.3 is 25.4 Å². The molecule has 0 bridgehead atoms. The van der Waals surface area contributed by atoms with Crippen molar-refractivity contribution in [1.29, 1.82) is 0 Å². The maximum Gasteiger partial charge on any atom is 0.272 e. The molecule has 9 nitrogen and oxygen atoms in total. The van der Waals surface area contributed by atoms with Gasteiger partial charge in [0, 0.05) is 32.7 Å². The van der Waals surface area contributed by atoms with E-state index in [0.717, 1.165) is 26.9 Å². The molecule has 0 aliphatic carbocycles. The molecule has 51 heavy (non-hydrogen) atoms. The van der Waals surface area contributed by atoms with Gasteiger partial charge in [-0.15, -0.1) is 23.1 Å². The molecule has 3 N–H and O–H groups in total. The highest BCUT2D eigenvalue weighted by molar-refractivity contribution is 8.00. The van der Waals surface area contributed by atoms with E-state index in [2.05, 4.69) is 45.2 Å². The van der Waals surface area contributed by atoms with Crippen LogP contribution in [0.15, 0.2) is 131 Å². The van der Waals surface area contributed by atoms with Crippen LogP contribution in [0.5, 0.6) is 11.5 Å². The number of ether oxygens (including phenoxy) is 2. The van der Waals surface area contributed by atoms with Crippen LogP contribution in [0.3, 0.4) is 0 Å². The van der Waals surface area contributed by atoms with Crippen LogP contribution < -0.4 is 25.4 Å². The van der Waals surface area contributed by atoms with E-state index < -0.39 is 17.1 Å². The smallest absolute Gasteiger partial charge is 0.272 e. The average Bonchev–Trinajstić information content (AvgIpc) is 3.63. The molecule has 0 aliphatic rings. The number of aromatic nitrogens is 1. The normalized spacial score (nSPS) is 11.8. The van der Waals surface area contributed by atoms with Gasteiger partial charge in [0.2, 0.25) is 5.91 Å². The molecular weight excluding hydrogens is 681 g/mol. The van der Waals surface area contributed by atoms with E-state index in [4.69, 9.17) is 9.47 Å². The van der Waals surface area contributed by atoms with Crippen molar-refractivity contribution in [3.05, 3.63) is 137 Å². The fraction of sp³-hybridized carbons (Fsp3) is 0.100. The van der Waals surface area contributed by atoms with Crippen molar-refractivity contribution in [1.82, 2.24) is 10.3 Å². The van der Waals surface area contributed by atoms with Crippen molar-refractivity contribution >= 4 is 68.5 Å². The summed E-state index contributed by atoms with van der Waals surface area (Å²) in [5, 5.41) is 12.9. The van der Waals surface area contributed by atoms with E-state index in [-0.39, 0.29) is 11.6 Å². The van der Waals surface area contributed by atoms with Crippen molar-refractivity contribution in [2.45, 2.75) is 17.1 Å². The SMILES string of the molecule is COc1ccc(OC)c(/C=C(\NC(=O)c2ccccc2)C(=O)Nc2ccc(SC(C)C(=O)Nc3nc(-c4ccc5ccccc5c4)cs3)cc2)c1. The molecule has 0 fully saturated rings. The van der Waals surface area contributed by atoms with Crippen molar-refractivity contribution in [3.63, 3.8) is 0 Å². The molecule has 1 heterocycles. The quantitative estimate of drug-likeness (QED) is 0.0859. The van der Waals surface area contributed by atoms with Crippen LogP contribution in [0.25, 0.3) is 28.1 Å². The summed E-state index contributed by atoms with van der Waals surface area (Å²) in [5.41, 5.74) is 3.24. The fourth-order valence-corrected chi connectivity index (χ4v) is 6.73. The summed E-state index contributed by atoms with van der Waals surface area (Å²) in [4.78, 5) is 45.2. The van der Waals surface area contributed by atoms with Gasteiger partial charge in [0.15, 0.2) is 5.13 Å². The Morgan fingerprint density at radius 3 is 2.29 bits per heavy atom. The van der Waals surface area contributed by atoms with Crippen LogP contribution in [0.1, 0.15) is 22.8 Å². The summed E-state index contributed by atoms with van der Waals surface area (Å²) in [7, 11) is 3.06. The first-order valence-electron chi connectivity index (χ1n) is 15.9. The van der Waals surface area contributed by atoms with Crippen LogP contribution >= 0.6 is 23.1 Å². The second-order valence-corrected chi connectivity index (χ2v) is 13.6. The first-order valence-corrected chi connectivity index (χ1v) is 17.7. The monoisotopic (exact) mass is 714 g/mol. The lowest BCUT2D eigenvalue weighted by Crippen LogP contribution is -2.30. The maximum atomic E-state index is 13.6. The number of thiazole rings is 1. The van der Waals surface area contributed by atoms with Crippen LogP contribution in [0, 0.1) is 0 Å². The summed E-state index contributed by atoms with van der Waals surface area (Å²) >= 11 is 2.76. The highest BCUT2D eigenvalue weighted by Gasteiger charge is 2.19. The van der Waals surface area contributed by atoms with Gasteiger partial charge in [0.1, 0.15) is 17.2 Å². The largest absolute Gasteiger partial charge is 0.497 e. The highest BCUT2D eigenvalue weighted by atomic mass is 32.2. The summed E-state index contributed by atoms with van der Waals surface area (Å²) < 4.78 is 10.8. The average molecular weight is 715 g/mol. The Balaban J connectivity index is 1.11. The number of amides is 3. The topological polar surface area (TPSA) is 119 Å². The number of hydrogen-bond donors (Lipinski definition) is 3. The minimum atomic E-state index is -0.538. The van der Waals surface area contributed by atoms with E-state index >= 15 is 0 Å². The number of anilines is 2. The molecule has 1 unspecified atom stereocenters. The molecule has 256 valence electrons. The Morgan fingerprint density at radius 2 is 1.55 bits per heavy atom. The molecule has 1 aromatic heterocycles. The van der Waals surface area contributed by atoms with Crippen LogP contribution in [-0.4, -0.2) is 42.2 Å². The number of hydrogen-bond acceptors (Lipinski definition) is 8. The number of benzene rings is 5. The van der Waals surface area contributed by atoms with Gasteiger partial charge >= 0.3 is 0 Å². The van der Waals surface area contributed by atoms with E-state index in [1.165, 1.54) is 36.3 Å². The van der Waals surface area contributed by atoms with Gasteiger partial charge in [-0.1, -0.05) is 54.6 Å². The lowest BCUT2D eigenvalue weighted by atomic mass is 10.1. The first kappa shape index (κ1) is 34.9. The van der Waals surface area contributed by atoms with Crippen molar-refractivity contribution in [2.75, 3.05) is 24.9 Å². The minimum Gasteiger partial charge on any atom is -0.497 e. The van der Waals surface area contributed by atoms with Crippen LogP contribution in [0.4, 0.5) is 10.8 Å². The maximum absolute atomic E-state index is 13.6. The molecule has 0 saturated carbocycles. The van der Waals surface area contributed by atoms with Gasteiger partial charge in [-0.2, -0.15) is 0 Å². The van der Waals surface area contributed by atoms with Crippen molar-refractivity contribution < 1.29 is 23.9 Å². The Hall–Kier alpha value is -5.91. The first-order chi connectivity index (χ1) is 24.8. The zero-order valence-corrected chi connectivity index (χ0v) is 29.6. The lowest BCUT2D eigenvalue weighted by molar-refractivity contribution is -0.115. The predicted octanol–water partition coefficient (Wildman–Crippen LogP) is 8.51. The van der Waals surface area contributed by atoms with Gasteiger partial charge in [-0.05, 0) is 84.4 Å². The molecule has 11 heteroatoms. The van der Waals surface area contributed by atoms with Gasteiger partial charge in [-0.25, -0.2) is 4.98 Å². The molecule has 0 spiro atoms. The molecule has 0 saturated heterocycles. The zero-order valence-electron chi connectivity index (χ0n) is 28.0. The number of carbonyl (C=O) groups is 3. The van der Waals surface area contributed by atoms with E-state index in [0.29, 0.717) is 33.4 Å². The van der Waals surface area contributed by atoms with Gasteiger partial charge in [-0.3, -0.25) is 14.4 Å². The third kappa shape index (κ3) is 8.82. The zero-order chi connectivity index (χ0) is 35.7. The summed E-state index contributed by atoms with van der Waals surface area (Å²) in [6.45, 7) is 1.83. The minimum absolute atomic E-state index is 0.00473. The Kier molecular flexibility index (Phi) is 11.1. The van der Waals surface area contributed by atoms with E-state index in [1.807, 2.05) is 42.6 Å². The van der Waals surface area contributed by atoms with Crippen LogP contribution in [-0.2, 0) is 9.59 Å². The number of carbonyl (C=O) groups excluding carboxylic acids is 3. The Morgan fingerprint density at radius 1 is 0.804 bits per heavy atom. The predicted molar refractivity (Wildman–Crippen MR) is 206 cm³/mol. The number of nitrogens with one attached hydrogen (secondary N) is 3. The molecule has 0 radical (unpaired) electrons. The van der Waals surface area contributed by atoms with Crippen molar-refractivity contribution in [3.8, 4) is 22.8 Å². The van der Waals surface area contributed by atoms with E-state index in [1.54, 1.807) is 67.8 Å². The molecule has 3 amide bonds. The lowest BCUT2D eigenvalue weighted by Gasteiger charge is -2.14. The number of methoxy groups -OCH3 is 2. The number of fused-ring (bicyclic) bond motifs is 1. The van der Waals surface area contributed by atoms with Gasteiger partial charge in [0.25, 0.3) is 11.8 Å². The molecule has 5 aromatic carbocycles. The van der Waals surface area contributed by atoms with Gasteiger partial charge in [0.05, 0.1) is 25.2 Å².